The molecule has 1 saturated heterocycles. The molecule has 1 atom stereocenters. The lowest BCUT2D eigenvalue weighted by atomic mass is 10.3. The van der Waals surface area contributed by atoms with Gasteiger partial charge in [0.1, 0.15) is 0 Å². The van der Waals surface area contributed by atoms with E-state index in [1.54, 1.807) is 0 Å². The third kappa shape index (κ3) is 3.21. The normalized spacial score (nSPS) is 21.0. The highest BCUT2D eigenvalue weighted by Gasteiger charge is 2.36. The Morgan fingerprint density at radius 2 is 1.82 bits per heavy atom. The van der Waals surface area contributed by atoms with E-state index >= 15 is 0 Å². The topological polar surface area (TPSA) is 90.0 Å². The van der Waals surface area contributed by atoms with Crippen molar-refractivity contribution in [2.45, 2.75) is 17.4 Å². The molecule has 1 heterocycles. The molecule has 0 unspecified atom stereocenters. The fourth-order valence-electron chi connectivity index (χ4n) is 2.40. The Morgan fingerprint density at radius 1 is 1.18 bits per heavy atom. The van der Waals surface area contributed by atoms with E-state index in [0.29, 0.717) is 17.9 Å². The van der Waals surface area contributed by atoms with Gasteiger partial charge >= 0.3 is 0 Å². The van der Waals surface area contributed by atoms with E-state index in [4.69, 9.17) is 9.47 Å². The van der Waals surface area contributed by atoms with Crippen LogP contribution >= 0.6 is 0 Å². The lowest BCUT2D eigenvalue weighted by Gasteiger charge is -2.23. The number of methoxy groups -OCH3 is 2. The van der Waals surface area contributed by atoms with Crippen LogP contribution < -0.4 is 9.47 Å². The molecule has 124 valence electrons. The van der Waals surface area contributed by atoms with Crippen molar-refractivity contribution in [3.8, 4) is 11.5 Å². The number of benzene rings is 1. The lowest BCUT2D eigenvalue weighted by Crippen LogP contribution is -2.37. The van der Waals surface area contributed by atoms with Crippen molar-refractivity contribution in [2.24, 2.45) is 0 Å². The molecule has 0 saturated carbocycles. The van der Waals surface area contributed by atoms with Crippen molar-refractivity contribution < 1.29 is 26.3 Å². The maximum atomic E-state index is 12.6. The van der Waals surface area contributed by atoms with Gasteiger partial charge in [-0.2, -0.15) is 4.31 Å². The second kappa shape index (κ2) is 6.05. The predicted octanol–water partition coefficient (Wildman–Crippen LogP) is 0.511. The molecule has 2 rings (SSSR count). The van der Waals surface area contributed by atoms with Crippen LogP contribution in [-0.4, -0.2) is 60.0 Å². The molecule has 1 fully saturated rings. The van der Waals surface area contributed by atoms with Crippen LogP contribution in [0.25, 0.3) is 0 Å². The SMILES string of the molecule is COc1ccc(S(=O)(=O)N(C)[C@H]2CCS(=O)(=O)C2)cc1OC. The van der Waals surface area contributed by atoms with E-state index in [9.17, 15) is 16.8 Å². The molecule has 0 amide bonds. The number of hydrogen-bond donors (Lipinski definition) is 0. The summed E-state index contributed by atoms with van der Waals surface area (Å²) < 4.78 is 59.6. The highest BCUT2D eigenvalue weighted by molar-refractivity contribution is 7.92. The first-order chi connectivity index (χ1) is 10.2. The minimum atomic E-state index is -3.80. The van der Waals surface area contributed by atoms with Gasteiger partial charge in [-0.25, -0.2) is 16.8 Å². The number of nitrogens with zero attached hydrogens (tertiary/aromatic N) is 1. The van der Waals surface area contributed by atoms with Crippen molar-refractivity contribution in [3.05, 3.63) is 18.2 Å². The number of sulfonamides is 1. The summed E-state index contributed by atoms with van der Waals surface area (Å²) in [7, 11) is -2.68. The van der Waals surface area contributed by atoms with Crippen molar-refractivity contribution in [1.29, 1.82) is 0 Å². The number of hydrogen-bond acceptors (Lipinski definition) is 6. The van der Waals surface area contributed by atoms with Crippen molar-refractivity contribution in [1.82, 2.24) is 4.31 Å². The van der Waals surface area contributed by atoms with Crippen LogP contribution in [-0.2, 0) is 19.9 Å². The summed E-state index contributed by atoms with van der Waals surface area (Å²) in [6.07, 6.45) is 0.311. The van der Waals surface area contributed by atoms with E-state index in [0.717, 1.165) is 4.31 Å². The summed E-state index contributed by atoms with van der Waals surface area (Å²) in [5, 5.41) is 0. The average molecular weight is 349 g/mol. The van der Waals surface area contributed by atoms with E-state index in [1.165, 1.54) is 39.5 Å². The maximum Gasteiger partial charge on any atom is 0.243 e. The van der Waals surface area contributed by atoms with Gasteiger partial charge in [0.2, 0.25) is 10.0 Å². The molecule has 9 heteroatoms. The van der Waals surface area contributed by atoms with Crippen molar-refractivity contribution in [2.75, 3.05) is 32.8 Å². The summed E-state index contributed by atoms with van der Waals surface area (Å²) in [6.45, 7) is 0. The largest absolute Gasteiger partial charge is 0.493 e. The Hall–Kier alpha value is -1.32. The molecule has 0 aliphatic carbocycles. The molecule has 0 N–H and O–H groups in total. The third-order valence-electron chi connectivity index (χ3n) is 3.75. The van der Waals surface area contributed by atoms with Gasteiger partial charge in [0, 0.05) is 19.2 Å². The van der Waals surface area contributed by atoms with E-state index in [-0.39, 0.29) is 16.4 Å². The fraction of sp³-hybridized carbons (Fsp3) is 0.538. The van der Waals surface area contributed by atoms with Crippen LogP contribution in [0.2, 0.25) is 0 Å². The summed E-state index contributed by atoms with van der Waals surface area (Å²) in [4.78, 5) is 0.0388. The highest BCUT2D eigenvalue weighted by Crippen LogP contribution is 2.31. The Bertz CT molecular complexity index is 757. The number of rotatable bonds is 5. The first-order valence-corrected chi connectivity index (χ1v) is 9.88. The molecule has 7 nitrogen and oxygen atoms in total. The Kier molecular flexibility index (Phi) is 4.69. The average Bonchev–Trinajstić information content (AvgIpc) is 2.85. The lowest BCUT2D eigenvalue weighted by molar-refractivity contribution is 0.353. The molecule has 1 aromatic carbocycles. The zero-order valence-electron chi connectivity index (χ0n) is 12.6. The molecule has 1 aromatic rings. The second-order valence-corrected chi connectivity index (χ2v) is 9.32. The molecule has 0 bridgehead atoms. The van der Waals surface area contributed by atoms with Gasteiger partial charge in [-0.05, 0) is 18.6 Å². The van der Waals surface area contributed by atoms with Gasteiger partial charge in [-0.1, -0.05) is 0 Å². The van der Waals surface area contributed by atoms with Crippen LogP contribution in [0.15, 0.2) is 23.1 Å². The first kappa shape index (κ1) is 17.0. The van der Waals surface area contributed by atoms with Crippen LogP contribution in [0.1, 0.15) is 6.42 Å². The summed E-state index contributed by atoms with van der Waals surface area (Å²) in [6, 6.07) is 3.75. The minimum Gasteiger partial charge on any atom is -0.493 e. The molecule has 0 radical (unpaired) electrons. The van der Waals surface area contributed by atoms with Gasteiger partial charge < -0.3 is 9.47 Å². The first-order valence-electron chi connectivity index (χ1n) is 6.62. The maximum absolute atomic E-state index is 12.6. The third-order valence-corrected chi connectivity index (χ3v) is 7.41. The van der Waals surface area contributed by atoms with E-state index in [2.05, 4.69) is 0 Å². The van der Waals surface area contributed by atoms with Crippen molar-refractivity contribution >= 4 is 19.9 Å². The highest BCUT2D eigenvalue weighted by atomic mass is 32.2. The molecule has 0 aromatic heterocycles. The molecule has 1 aliphatic rings. The molecular weight excluding hydrogens is 330 g/mol. The van der Waals surface area contributed by atoms with E-state index < -0.39 is 25.9 Å². The van der Waals surface area contributed by atoms with Crippen LogP contribution in [0.3, 0.4) is 0 Å². The fourth-order valence-corrected chi connectivity index (χ4v) is 5.67. The predicted molar refractivity (Wildman–Crippen MR) is 81.6 cm³/mol. The molecule has 22 heavy (non-hydrogen) atoms. The summed E-state index contributed by atoms with van der Waals surface area (Å²) >= 11 is 0. The second-order valence-electron chi connectivity index (χ2n) is 5.09. The van der Waals surface area contributed by atoms with Crippen LogP contribution in [0, 0.1) is 0 Å². The molecule has 1 aliphatic heterocycles. The smallest absolute Gasteiger partial charge is 0.243 e. The zero-order chi connectivity index (χ0) is 16.5. The van der Waals surface area contributed by atoms with Gasteiger partial charge in [0.25, 0.3) is 0 Å². The van der Waals surface area contributed by atoms with Gasteiger partial charge in [0.15, 0.2) is 21.3 Å². The Balaban J connectivity index is 2.34. The van der Waals surface area contributed by atoms with E-state index in [1.807, 2.05) is 0 Å². The monoisotopic (exact) mass is 349 g/mol. The van der Waals surface area contributed by atoms with Crippen LogP contribution in [0.5, 0.6) is 11.5 Å². The summed E-state index contributed by atoms with van der Waals surface area (Å²) in [5.74, 6) is 0.600. The summed E-state index contributed by atoms with van der Waals surface area (Å²) in [5.41, 5.74) is 0. The zero-order valence-corrected chi connectivity index (χ0v) is 14.3. The van der Waals surface area contributed by atoms with Crippen LogP contribution in [0.4, 0.5) is 0 Å². The van der Waals surface area contributed by atoms with Gasteiger partial charge in [-0.15, -0.1) is 0 Å². The Labute approximate surface area is 130 Å². The van der Waals surface area contributed by atoms with Gasteiger partial charge in [0.05, 0.1) is 30.6 Å². The molecular formula is C13H19NO6S2. The Morgan fingerprint density at radius 3 is 2.32 bits per heavy atom. The standard InChI is InChI=1S/C13H19NO6S2/c1-14(10-6-7-21(15,16)9-10)22(17,18)11-4-5-12(19-2)13(8-11)20-3/h4-5,8,10H,6-7,9H2,1-3H3/t10-/m0/s1. The quantitative estimate of drug-likeness (QED) is 0.769. The van der Waals surface area contributed by atoms with Crippen molar-refractivity contribution in [3.63, 3.8) is 0 Å². The number of sulfone groups is 1. The molecule has 0 spiro atoms. The minimum absolute atomic E-state index is 0.0173. The number of ether oxygens (including phenoxy) is 2. The van der Waals surface area contributed by atoms with Gasteiger partial charge in [-0.3, -0.25) is 0 Å².